The third kappa shape index (κ3) is 10.3. The third-order valence-corrected chi connectivity index (χ3v) is 9.79. The summed E-state index contributed by atoms with van der Waals surface area (Å²) in [6, 6.07) is 32.0. The first-order chi connectivity index (χ1) is 24.9. The largest absolute Gasteiger partial charge is 0.494 e. The fraction of sp³-hybridized carbons (Fsp3) is 0.405. The van der Waals surface area contributed by atoms with Gasteiger partial charge in [-0.05, 0) is 78.1 Å². The summed E-state index contributed by atoms with van der Waals surface area (Å²) >= 11 is 7.00. The molecule has 0 aromatic heterocycles. The molecular formula is C42H47ClO8. The van der Waals surface area contributed by atoms with Crippen LogP contribution in [0.15, 0.2) is 97.1 Å². The van der Waals surface area contributed by atoms with Gasteiger partial charge in [0.25, 0.3) is 0 Å². The number of carbonyl (C=O) groups is 1. The van der Waals surface area contributed by atoms with E-state index in [1.54, 1.807) is 0 Å². The summed E-state index contributed by atoms with van der Waals surface area (Å²) in [6.45, 7) is 5.33. The lowest BCUT2D eigenvalue weighted by Gasteiger charge is -2.42. The minimum absolute atomic E-state index is 0.0749. The van der Waals surface area contributed by atoms with Gasteiger partial charge in [-0.15, -0.1) is 0 Å². The smallest absolute Gasteiger partial charge is 0.302 e. The Bertz CT molecular complexity index is 1680. The van der Waals surface area contributed by atoms with Gasteiger partial charge in [0.15, 0.2) is 0 Å². The highest BCUT2D eigenvalue weighted by atomic mass is 35.5. The zero-order valence-corrected chi connectivity index (χ0v) is 30.0. The molecule has 1 aliphatic heterocycles. The normalized spacial score (nSPS) is 22.7. The van der Waals surface area contributed by atoms with Crippen LogP contribution in [0, 0.1) is 11.8 Å². The molecule has 6 rings (SSSR count). The Morgan fingerprint density at radius 1 is 0.824 bits per heavy atom. The van der Waals surface area contributed by atoms with Crippen LogP contribution in [0.5, 0.6) is 11.5 Å². The second-order valence-electron chi connectivity index (χ2n) is 13.3. The van der Waals surface area contributed by atoms with Crippen molar-refractivity contribution >= 4 is 17.6 Å². The van der Waals surface area contributed by atoms with Crippen molar-refractivity contribution in [2.45, 2.75) is 70.7 Å². The predicted molar refractivity (Wildman–Crippen MR) is 195 cm³/mol. The van der Waals surface area contributed by atoms with Gasteiger partial charge in [0.1, 0.15) is 30.3 Å². The molecule has 1 aliphatic carbocycles. The Morgan fingerprint density at radius 3 is 2.14 bits per heavy atom. The molecule has 9 heteroatoms. The first kappa shape index (κ1) is 36.9. The minimum Gasteiger partial charge on any atom is -0.494 e. The van der Waals surface area contributed by atoms with E-state index in [2.05, 4.69) is 6.07 Å². The van der Waals surface area contributed by atoms with E-state index in [0.717, 1.165) is 40.0 Å². The Balaban J connectivity index is 1.37. The van der Waals surface area contributed by atoms with Crippen LogP contribution in [0.25, 0.3) is 0 Å². The van der Waals surface area contributed by atoms with Gasteiger partial charge in [-0.3, -0.25) is 4.79 Å². The third-order valence-electron chi connectivity index (χ3n) is 9.43. The second-order valence-corrected chi connectivity index (χ2v) is 13.7. The van der Waals surface area contributed by atoms with Crippen LogP contribution in [0.4, 0.5) is 0 Å². The van der Waals surface area contributed by atoms with Crippen molar-refractivity contribution in [3.63, 3.8) is 0 Å². The molecule has 0 spiro atoms. The number of halogens is 1. The van der Waals surface area contributed by atoms with Gasteiger partial charge < -0.3 is 33.5 Å². The highest BCUT2D eigenvalue weighted by molar-refractivity contribution is 6.31. The van der Waals surface area contributed by atoms with Gasteiger partial charge in [-0.2, -0.15) is 0 Å². The molecule has 1 saturated carbocycles. The Morgan fingerprint density at radius 2 is 1.51 bits per heavy atom. The molecule has 2 aliphatic rings. The Hall–Kier alpha value is -3.92. The van der Waals surface area contributed by atoms with Gasteiger partial charge in [-0.1, -0.05) is 84.4 Å². The molecule has 8 nitrogen and oxygen atoms in total. The molecule has 6 atom stereocenters. The lowest BCUT2D eigenvalue weighted by molar-refractivity contribution is -0.219. The first-order valence-corrected chi connectivity index (χ1v) is 18.2. The number of hydrogen-bond donors (Lipinski definition) is 1. The van der Waals surface area contributed by atoms with Crippen molar-refractivity contribution < 1.29 is 38.3 Å². The lowest BCUT2D eigenvalue weighted by atomic mass is 9.90. The molecule has 0 amide bonds. The SMILES string of the molecule is CCOc1ccc(Cc2cc([C@@H]3O[C@H](COC(C)=O)C[C@H](OCc4ccccc4)[C@H]3OCc3ccccc3)c(OC[C@@H]3CC3CO)cc2Cl)cc1. The van der Waals surface area contributed by atoms with Crippen molar-refractivity contribution in [3.8, 4) is 11.5 Å². The summed E-state index contributed by atoms with van der Waals surface area (Å²) in [5.41, 5.74) is 4.81. The zero-order chi connectivity index (χ0) is 35.6. The van der Waals surface area contributed by atoms with Gasteiger partial charge in [0.05, 0.1) is 38.6 Å². The van der Waals surface area contributed by atoms with Crippen LogP contribution in [0.3, 0.4) is 0 Å². The van der Waals surface area contributed by atoms with Gasteiger partial charge in [0.2, 0.25) is 0 Å². The topological polar surface area (TPSA) is 92.7 Å². The van der Waals surface area contributed by atoms with Gasteiger partial charge in [-0.25, -0.2) is 0 Å². The number of aliphatic hydroxyl groups is 1. The molecule has 4 aromatic rings. The molecule has 2 fully saturated rings. The van der Waals surface area contributed by atoms with E-state index < -0.39 is 24.4 Å². The van der Waals surface area contributed by atoms with Crippen LogP contribution >= 0.6 is 11.6 Å². The molecule has 1 N–H and O–H groups in total. The van der Waals surface area contributed by atoms with Gasteiger partial charge >= 0.3 is 5.97 Å². The van der Waals surface area contributed by atoms with E-state index in [1.807, 2.05) is 97.9 Å². The second kappa shape index (κ2) is 18.0. The molecule has 1 heterocycles. The van der Waals surface area contributed by atoms with E-state index in [1.165, 1.54) is 6.92 Å². The number of aliphatic hydroxyl groups excluding tert-OH is 1. The maximum Gasteiger partial charge on any atom is 0.302 e. The monoisotopic (exact) mass is 714 g/mol. The number of benzene rings is 4. The lowest BCUT2D eigenvalue weighted by Crippen LogP contribution is -2.47. The van der Waals surface area contributed by atoms with E-state index in [9.17, 15) is 9.90 Å². The molecule has 51 heavy (non-hydrogen) atoms. The quantitative estimate of drug-likeness (QED) is 0.110. The summed E-state index contributed by atoms with van der Waals surface area (Å²) in [6.07, 6.45) is -0.124. The molecule has 1 unspecified atom stereocenters. The van der Waals surface area contributed by atoms with Crippen molar-refractivity contribution in [1.29, 1.82) is 0 Å². The number of carbonyl (C=O) groups excluding carboxylic acids is 1. The van der Waals surface area contributed by atoms with Crippen molar-refractivity contribution in [3.05, 3.63) is 130 Å². The maximum absolute atomic E-state index is 11.9. The van der Waals surface area contributed by atoms with E-state index >= 15 is 0 Å². The highest BCUT2D eigenvalue weighted by Gasteiger charge is 2.44. The van der Waals surface area contributed by atoms with Crippen LogP contribution in [0.1, 0.15) is 60.6 Å². The van der Waals surface area contributed by atoms with Crippen LogP contribution in [-0.2, 0) is 43.4 Å². The predicted octanol–water partition coefficient (Wildman–Crippen LogP) is 7.90. The minimum atomic E-state index is -0.650. The average Bonchev–Trinajstić information content (AvgIpc) is 3.93. The Kier molecular flexibility index (Phi) is 13.0. The van der Waals surface area contributed by atoms with E-state index in [-0.39, 0.29) is 31.0 Å². The fourth-order valence-corrected chi connectivity index (χ4v) is 6.75. The summed E-state index contributed by atoms with van der Waals surface area (Å²) in [4.78, 5) is 11.9. The van der Waals surface area contributed by atoms with Gasteiger partial charge in [0, 0.05) is 30.5 Å². The molecule has 1 saturated heterocycles. The number of hydrogen-bond acceptors (Lipinski definition) is 8. The number of ether oxygens (including phenoxy) is 6. The average molecular weight is 715 g/mol. The standard InChI is InChI=1S/C42H47ClO8/c1-3-46-35-16-14-29(15-17-35)18-32-20-37(39(22-38(32)43)49-26-34-19-33(34)23-44)41-42(50-25-31-12-8-5-9-13-31)40(21-36(51-41)27-47-28(2)45)48-24-30-10-6-4-7-11-30/h4-17,20,22,33-34,36,40-42,44H,3,18-19,21,23-27H2,1-2H3/t33?,34-,36-,40-,41-,42+/m0/s1. The van der Waals surface area contributed by atoms with Crippen LogP contribution in [0.2, 0.25) is 5.02 Å². The molecular weight excluding hydrogens is 668 g/mol. The highest BCUT2D eigenvalue weighted by Crippen LogP contribution is 2.44. The maximum atomic E-state index is 11.9. The molecule has 4 aromatic carbocycles. The fourth-order valence-electron chi connectivity index (χ4n) is 6.52. The van der Waals surface area contributed by atoms with Crippen molar-refractivity contribution in [2.75, 3.05) is 26.4 Å². The zero-order valence-electron chi connectivity index (χ0n) is 29.2. The molecule has 0 radical (unpaired) electrons. The summed E-state index contributed by atoms with van der Waals surface area (Å²) in [5, 5.41) is 10.3. The summed E-state index contributed by atoms with van der Waals surface area (Å²) in [7, 11) is 0. The van der Waals surface area contributed by atoms with Crippen molar-refractivity contribution in [2.24, 2.45) is 11.8 Å². The summed E-state index contributed by atoms with van der Waals surface area (Å²) in [5.74, 6) is 1.52. The van der Waals surface area contributed by atoms with E-state index in [0.29, 0.717) is 50.0 Å². The Labute approximate surface area is 305 Å². The van der Waals surface area contributed by atoms with E-state index in [4.69, 9.17) is 40.0 Å². The molecule has 0 bridgehead atoms. The first-order valence-electron chi connectivity index (χ1n) is 17.8. The number of esters is 1. The van der Waals surface area contributed by atoms with Crippen molar-refractivity contribution in [1.82, 2.24) is 0 Å². The summed E-state index contributed by atoms with van der Waals surface area (Å²) < 4.78 is 37.9. The van der Waals surface area contributed by atoms with Crippen LogP contribution in [-0.4, -0.2) is 55.8 Å². The molecule has 270 valence electrons. The van der Waals surface area contributed by atoms with Crippen LogP contribution < -0.4 is 9.47 Å². The number of rotatable bonds is 17.